The Morgan fingerprint density at radius 3 is 1.91 bits per heavy atom. The third kappa shape index (κ3) is 4.52. The molecule has 9 heteroatoms. The average molecular weight is 451 g/mol. The van der Waals surface area contributed by atoms with E-state index in [1.807, 2.05) is 0 Å². The summed E-state index contributed by atoms with van der Waals surface area (Å²) in [6, 6.07) is 12.3. The van der Waals surface area contributed by atoms with E-state index in [0.29, 0.717) is 35.7 Å². The Kier molecular flexibility index (Phi) is 6.30. The number of urea groups is 1. The summed E-state index contributed by atoms with van der Waals surface area (Å²) in [5, 5.41) is 6.94. The monoisotopic (exact) mass is 451 g/mol. The summed E-state index contributed by atoms with van der Waals surface area (Å²) in [4.78, 5) is 49.0. The van der Waals surface area contributed by atoms with Gasteiger partial charge in [-0.05, 0) is 61.4 Å². The minimum atomic E-state index is -1.80. The van der Waals surface area contributed by atoms with Gasteiger partial charge in [0.25, 0.3) is 23.3 Å². The summed E-state index contributed by atoms with van der Waals surface area (Å²) in [6.07, 6.45) is 4.11. The zero-order valence-electron chi connectivity index (χ0n) is 18.2. The van der Waals surface area contributed by atoms with Gasteiger partial charge in [0.1, 0.15) is 17.2 Å². The van der Waals surface area contributed by atoms with E-state index in [1.54, 1.807) is 55.6 Å². The molecule has 2 fully saturated rings. The van der Waals surface area contributed by atoms with Crippen molar-refractivity contribution in [2.75, 3.05) is 7.05 Å². The van der Waals surface area contributed by atoms with Crippen molar-refractivity contribution in [3.8, 4) is 17.2 Å². The molecule has 3 N–H and O–H groups in total. The van der Waals surface area contributed by atoms with Crippen molar-refractivity contribution in [1.82, 2.24) is 16.0 Å². The molecule has 2 aromatic rings. The highest BCUT2D eigenvalue weighted by Crippen LogP contribution is 2.38. The number of carbonyl (C=O) groups is 4. The van der Waals surface area contributed by atoms with Gasteiger partial charge in [0.15, 0.2) is 0 Å². The van der Waals surface area contributed by atoms with Crippen LogP contribution in [-0.4, -0.2) is 36.4 Å². The predicted molar refractivity (Wildman–Crippen MR) is 118 cm³/mol. The number of ether oxygens (including phenoxy) is 2. The molecule has 0 unspecified atom stereocenters. The quantitative estimate of drug-likeness (QED) is 0.581. The number of nitrogens with one attached hydrogen (secondary N) is 3. The number of hydrogen-bond donors (Lipinski definition) is 3. The van der Waals surface area contributed by atoms with Crippen LogP contribution in [0.4, 0.5) is 4.79 Å². The van der Waals surface area contributed by atoms with E-state index < -0.39 is 23.4 Å². The third-order valence-corrected chi connectivity index (χ3v) is 5.99. The first-order chi connectivity index (χ1) is 15.9. The van der Waals surface area contributed by atoms with Gasteiger partial charge in [0.2, 0.25) is 0 Å². The fourth-order valence-corrected chi connectivity index (χ4v) is 4.30. The molecule has 2 aromatic carbocycles. The van der Waals surface area contributed by atoms with Crippen molar-refractivity contribution in [1.29, 1.82) is 0 Å². The van der Waals surface area contributed by atoms with E-state index in [-0.39, 0.29) is 11.8 Å². The van der Waals surface area contributed by atoms with Crippen LogP contribution in [0.15, 0.2) is 48.5 Å². The Hall–Kier alpha value is -3.88. The van der Waals surface area contributed by atoms with Crippen LogP contribution < -0.4 is 25.4 Å². The van der Waals surface area contributed by atoms with Crippen LogP contribution in [0.1, 0.15) is 42.5 Å². The zero-order valence-corrected chi connectivity index (χ0v) is 18.2. The molecule has 0 aromatic heterocycles. The average Bonchev–Trinajstić information content (AvgIpc) is 2.83. The number of hydrogen-bond acceptors (Lipinski definition) is 6. The van der Waals surface area contributed by atoms with Crippen LogP contribution in [-0.2, 0) is 9.59 Å². The molecule has 0 bridgehead atoms. The first-order valence-electron chi connectivity index (χ1n) is 10.9. The lowest BCUT2D eigenvalue weighted by molar-refractivity contribution is -0.158. The molecule has 5 amide bonds. The van der Waals surface area contributed by atoms with Crippen molar-refractivity contribution in [2.45, 2.75) is 37.7 Å². The number of rotatable bonds is 6. The van der Waals surface area contributed by atoms with Crippen LogP contribution in [0.5, 0.6) is 17.2 Å². The number of carbonyl (C=O) groups excluding carboxylic acids is 4. The zero-order chi connectivity index (χ0) is 23.4. The number of benzene rings is 2. The molecule has 1 aliphatic heterocycles. The van der Waals surface area contributed by atoms with Crippen molar-refractivity contribution in [3.05, 3.63) is 54.1 Å². The lowest BCUT2D eigenvalue weighted by Crippen LogP contribution is -2.72. The fourth-order valence-electron chi connectivity index (χ4n) is 4.30. The molecule has 1 aliphatic carbocycles. The van der Waals surface area contributed by atoms with E-state index in [0.717, 1.165) is 19.3 Å². The minimum absolute atomic E-state index is 0.188. The molecule has 2 aliphatic rings. The highest BCUT2D eigenvalue weighted by molar-refractivity contribution is 6.22. The highest BCUT2D eigenvalue weighted by Gasteiger charge is 2.58. The standard InChI is InChI=1S/C24H25N3O6/c1-25-20(28)15-7-9-17(10-8-15)32-18-11-13-19(14-12-18)33-24(16-5-3-2-4-6-16)21(29)26-23(31)27-22(24)30/h7-14,16H,2-6H2,1H3,(H,25,28)(H2,26,27,29,30,31). The lowest BCUT2D eigenvalue weighted by Gasteiger charge is -2.41. The van der Waals surface area contributed by atoms with Gasteiger partial charge in [-0.3, -0.25) is 25.0 Å². The second kappa shape index (κ2) is 9.32. The molecule has 4 rings (SSSR count). The predicted octanol–water partition coefficient (Wildman–Crippen LogP) is 2.90. The summed E-state index contributed by atoms with van der Waals surface area (Å²) < 4.78 is 11.8. The fraction of sp³-hybridized carbons (Fsp3) is 0.333. The first kappa shape index (κ1) is 22.3. The van der Waals surface area contributed by atoms with Gasteiger partial charge >= 0.3 is 6.03 Å². The first-order valence-corrected chi connectivity index (χ1v) is 10.9. The van der Waals surface area contributed by atoms with Gasteiger partial charge in [-0.25, -0.2) is 4.79 Å². The summed E-state index contributed by atoms with van der Waals surface area (Å²) in [5.74, 6) is -0.641. The van der Waals surface area contributed by atoms with Crippen molar-refractivity contribution < 1.29 is 28.7 Å². The summed E-state index contributed by atoms with van der Waals surface area (Å²) in [6.45, 7) is 0. The second-order valence-electron chi connectivity index (χ2n) is 8.09. The Morgan fingerprint density at radius 2 is 1.36 bits per heavy atom. The summed E-state index contributed by atoms with van der Waals surface area (Å²) in [5.41, 5.74) is -1.28. The normalized spacial score (nSPS) is 18.2. The Labute approximate surface area is 190 Å². The topological polar surface area (TPSA) is 123 Å². The smallest absolute Gasteiger partial charge is 0.328 e. The maximum Gasteiger partial charge on any atom is 0.328 e. The maximum atomic E-state index is 12.9. The van der Waals surface area contributed by atoms with Gasteiger partial charge in [-0.1, -0.05) is 19.3 Å². The van der Waals surface area contributed by atoms with Gasteiger partial charge in [-0.2, -0.15) is 0 Å². The van der Waals surface area contributed by atoms with E-state index in [2.05, 4.69) is 16.0 Å². The van der Waals surface area contributed by atoms with E-state index in [9.17, 15) is 19.2 Å². The van der Waals surface area contributed by atoms with Gasteiger partial charge in [-0.15, -0.1) is 0 Å². The molecule has 172 valence electrons. The van der Waals surface area contributed by atoms with E-state index in [1.165, 1.54) is 0 Å². The molecule has 1 saturated heterocycles. The Balaban J connectivity index is 1.52. The third-order valence-electron chi connectivity index (χ3n) is 5.99. The molecular formula is C24H25N3O6. The Bertz CT molecular complexity index is 1040. The number of imide groups is 2. The minimum Gasteiger partial charge on any atom is -0.467 e. The SMILES string of the molecule is CNC(=O)c1ccc(Oc2ccc(OC3(C4CCCCC4)C(=O)NC(=O)NC3=O)cc2)cc1. The number of amides is 5. The largest absolute Gasteiger partial charge is 0.467 e. The number of barbiturate groups is 1. The molecule has 0 radical (unpaired) electrons. The summed E-state index contributed by atoms with van der Waals surface area (Å²) in [7, 11) is 1.56. The molecule has 9 nitrogen and oxygen atoms in total. The van der Waals surface area contributed by atoms with E-state index in [4.69, 9.17) is 9.47 Å². The van der Waals surface area contributed by atoms with Crippen LogP contribution in [0.3, 0.4) is 0 Å². The summed E-state index contributed by atoms with van der Waals surface area (Å²) >= 11 is 0. The van der Waals surface area contributed by atoms with Crippen LogP contribution in [0, 0.1) is 5.92 Å². The van der Waals surface area contributed by atoms with Crippen molar-refractivity contribution in [3.63, 3.8) is 0 Å². The molecule has 1 heterocycles. The maximum absolute atomic E-state index is 12.9. The van der Waals surface area contributed by atoms with Crippen LogP contribution in [0.2, 0.25) is 0 Å². The molecule has 0 spiro atoms. The van der Waals surface area contributed by atoms with Gasteiger partial charge < -0.3 is 14.8 Å². The molecule has 1 saturated carbocycles. The second-order valence-corrected chi connectivity index (χ2v) is 8.09. The van der Waals surface area contributed by atoms with E-state index >= 15 is 0 Å². The van der Waals surface area contributed by atoms with Crippen LogP contribution in [0.25, 0.3) is 0 Å². The van der Waals surface area contributed by atoms with Gasteiger partial charge in [0, 0.05) is 18.5 Å². The highest BCUT2D eigenvalue weighted by atomic mass is 16.5. The van der Waals surface area contributed by atoms with Crippen molar-refractivity contribution in [2.24, 2.45) is 5.92 Å². The Morgan fingerprint density at radius 1 is 0.848 bits per heavy atom. The molecule has 33 heavy (non-hydrogen) atoms. The lowest BCUT2D eigenvalue weighted by atomic mass is 9.75. The van der Waals surface area contributed by atoms with Crippen molar-refractivity contribution >= 4 is 23.8 Å². The van der Waals surface area contributed by atoms with Gasteiger partial charge in [0.05, 0.1) is 0 Å². The van der Waals surface area contributed by atoms with Crippen LogP contribution >= 0.6 is 0 Å². The molecular weight excluding hydrogens is 426 g/mol. The molecule has 0 atom stereocenters.